The van der Waals surface area contributed by atoms with Crippen LogP contribution in [-0.2, 0) is 9.53 Å². The number of hydrogen-bond donors (Lipinski definition) is 1. The standard InChI is InChI=1S/C26H25IN2O5S/c1-5-33-25(32)22-15(4)28-26-29(23(22)17-8-6-7-9-20(17)34-14(2)3)24(31)21(35-26)13-16-10-11-19(30)18(27)12-16/h6-14,23,30H,5H2,1-4H3/b21-13+/t23-/m0/s1. The fourth-order valence-corrected chi connectivity index (χ4v) is 5.50. The summed E-state index contributed by atoms with van der Waals surface area (Å²) in [6.45, 7) is 7.55. The van der Waals surface area contributed by atoms with Crippen molar-refractivity contribution in [2.75, 3.05) is 6.61 Å². The number of para-hydroxylation sites is 1. The first kappa shape index (κ1) is 25.2. The molecule has 2 aromatic carbocycles. The summed E-state index contributed by atoms with van der Waals surface area (Å²) in [7, 11) is 0. The molecule has 0 saturated carbocycles. The predicted molar refractivity (Wildman–Crippen MR) is 143 cm³/mol. The van der Waals surface area contributed by atoms with Crippen molar-refractivity contribution in [3.63, 3.8) is 0 Å². The zero-order chi connectivity index (χ0) is 25.3. The number of esters is 1. The monoisotopic (exact) mass is 604 g/mol. The lowest BCUT2D eigenvalue weighted by molar-refractivity contribution is -0.139. The van der Waals surface area contributed by atoms with Crippen molar-refractivity contribution >= 4 is 46.0 Å². The van der Waals surface area contributed by atoms with Gasteiger partial charge in [0.05, 0.1) is 32.1 Å². The normalized spacial score (nSPS) is 15.7. The van der Waals surface area contributed by atoms with Crippen molar-refractivity contribution in [3.05, 3.63) is 88.1 Å². The fourth-order valence-electron chi connectivity index (χ4n) is 3.92. The van der Waals surface area contributed by atoms with Crippen molar-refractivity contribution < 1.29 is 19.4 Å². The first-order valence-electron chi connectivity index (χ1n) is 11.1. The SMILES string of the molecule is CCOC(=O)C1=C(C)N=c2s/c(=C/c3ccc(O)c(I)c3)c(=O)n2[C@H]1c1ccccc1OC(C)C. The van der Waals surface area contributed by atoms with Crippen molar-refractivity contribution in [2.45, 2.75) is 39.8 Å². The number of aromatic hydroxyl groups is 1. The van der Waals surface area contributed by atoms with Crippen molar-refractivity contribution in [2.24, 2.45) is 4.99 Å². The number of ether oxygens (including phenoxy) is 2. The Hall–Kier alpha value is -2.92. The fraction of sp³-hybridized carbons (Fsp3) is 0.269. The van der Waals surface area contributed by atoms with Crippen LogP contribution in [-0.4, -0.2) is 28.4 Å². The van der Waals surface area contributed by atoms with E-state index in [1.165, 1.54) is 11.3 Å². The van der Waals surface area contributed by atoms with Crippen LogP contribution in [0.2, 0.25) is 0 Å². The highest BCUT2D eigenvalue weighted by molar-refractivity contribution is 14.1. The summed E-state index contributed by atoms with van der Waals surface area (Å²) < 4.78 is 14.1. The van der Waals surface area contributed by atoms with Crippen LogP contribution < -0.4 is 19.6 Å². The molecule has 0 fully saturated rings. The van der Waals surface area contributed by atoms with Crippen LogP contribution in [0.1, 0.15) is 44.9 Å². The summed E-state index contributed by atoms with van der Waals surface area (Å²) in [5.74, 6) is 0.257. The average molecular weight is 604 g/mol. The van der Waals surface area contributed by atoms with Gasteiger partial charge in [-0.15, -0.1) is 0 Å². The molecule has 1 aliphatic rings. The maximum atomic E-state index is 13.7. The van der Waals surface area contributed by atoms with Gasteiger partial charge in [0, 0.05) is 5.56 Å². The van der Waals surface area contributed by atoms with E-state index in [2.05, 4.69) is 4.99 Å². The number of hydrogen-bond acceptors (Lipinski definition) is 7. The number of carbonyl (C=O) groups is 1. The van der Waals surface area contributed by atoms with Gasteiger partial charge in [-0.1, -0.05) is 35.6 Å². The van der Waals surface area contributed by atoms with Crippen LogP contribution in [0.15, 0.2) is 63.5 Å². The van der Waals surface area contributed by atoms with E-state index >= 15 is 0 Å². The Morgan fingerprint density at radius 2 is 2.03 bits per heavy atom. The first-order valence-corrected chi connectivity index (χ1v) is 13.0. The molecule has 0 aliphatic carbocycles. The molecule has 1 aliphatic heterocycles. The van der Waals surface area contributed by atoms with Gasteiger partial charge in [0.2, 0.25) is 0 Å². The summed E-state index contributed by atoms with van der Waals surface area (Å²) in [6, 6.07) is 11.8. The molecule has 1 atom stereocenters. The highest BCUT2D eigenvalue weighted by Gasteiger charge is 2.35. The number of carbonyl (C=O) groups excluding carboxylic acids is 1. The number of rotatable bonds is 6. The average Bonchev–Trinajstić information content (AvgIpc) is 3.10. The van der Waals surface area contributed by atoms with Crippen molar-refractivity contribution in [1.29, 1.82) is 0 Å². The van der Waals surface area contributed by atoms with E-state index in [9.17, 15) is 14.7 Å². The molecule has 182 valence electrons. The Bertz CT molecular complexity index is 1500. The Morgan fingerprint density at radius 3 is 2.71 bits per heavy atom. The third-order valence-electron chi connectivity index (χ3n) is 5.36. The molecule has 0 radical (unpaired) electrons. The molecule has 4 rings (SSSR count). The highest BCUT2D eigenvalue weighted by Crippen LogP contribution is 2.36. The Labute approximate surface area is 220 Å². The minimum absolute atomic E-state index is 0.0971. The van der Waals surface area contributed by atoms with Crippen LogP contribution >= 0.6 is 33.9 Å². The zero-order valence-corrected chi connectivity index (χ0v) is 22.7. The van der Waals surface area contributed by atoms with Gasteiger partial charge in [0.25, 0.3) is 5.56 Å². The van der Waals surface area contributed by atoms with E-state index in [0.717, 1.165) is 5.56 Å². The quantitative estimate of drug-likeness (QED) is 0.341. The molecular weight excluding hydrogens is 579 g/mol. The van der Waals surface area contributed by atoms with E-state index in [0.29, 0.717) is 35.5 Å². The Kier molecular flexibility index (Phi) is 7.46. The molecule has 9 heteroatoms. The molecule has 3 aromatic rings. The van der Waals surface area contributed by atoms with Gasteiger partial charge in [-0.3, -0.25) is 9.36 Å². The van der Waals surface area contributed by atoms with E-state index in [4.69, 9.17) is 9.47 Å². The lowest BCUT2D eigenvalue weighted by Gasteiger charge is -2.26. The summed E-state index contributed by atoms with van der Waals surface area (Å²) in [6.07, 6.45) is 1.67. The molecule has 2 heterocycles. The summed E-state index contributed by atoms with van der Waals surface area (Å²) >= 11 is 3.29. The predicted octanol–water partition coefficient (Wildman–Crippen LogP) is 3.90. The molecule has 1 N–H and O–H groups in total. The van der Waals surface area contributed by atoms with Gasteiger partial charge < -0.3 is 14.6 Å². The smallest absolute Gasteiger partial charge is 0.338 e. The maximum Gasteiger partial charge on any atom is 0.338 e. The summed E-state index contributed by atoms with van der Waals surface area (Å²) in [5, 5.41) is 9.84. The number of fused-ring (bicyclic) bond motifs is 1. The topological polar surface area (TPSA) is 90.1 Å². The van der Waals surface area contributed by atoms with Crippen LogP contribution in [0.4, 0.5) is 0 Å². The Balaban J connectivity index is 1.98. The molecule has 1 aromatic heterocycles. The number of allylic oxidation sites excluding steroid dienone is 1. The number of phenolic OH excluding ortho intramolecular Hbond substituents is 1. The Morgan fingerprint density at radius 1 is 1.29 bits per heavy atom. The lowest BCUT2D eigenvalue weighted by Crippen LogP contribution is -2.40. The third kappa shape index (κ3) is 5.06. The molecule has 0 amide bonds. The van der Waals surface area contributed by atoms with Gasteiger partial charge in [-0.05, 0) is 80.1 Å². The van der Waals surface area contributed by atoms with Gasteiger partial charge in [0.15, 0.2) is 4.80 Å². The number of thiazole rings is 1. The molecule has 0 saturated heterocycles. The molecular formula is C26H25IN2O5S. The van der Waals surface area contributed by atoms with Crippen LogP contribution in [0.25, 0.3) is 6.08 Å². The second kappa shape index (κ2) is 10.4. The minimum Gasteiger partial charge on any atom is -0.507 e. The zero-order valence-electron chi connectivity index (χ0n) is 19.7. The van der Waals surface area contributed by atoms with Crippen molar-refractivity contribution in [1.82, 2.24) is 4.57 Å². The summed E-state index contributed by atoms with van der Waals surface area (Å²) in [4.78, 5) is 31.9. The van der Waals surface area contributed by atoms with Gasteiger partial charge in [-0.25, -0.2) is 9.79 Å². The van der Waals surface area contributed by atoms with Gasteiger partial charge in [0.1, 0.15) is 17.5 Å². The highest BCUT2D eigenvalue weighted by atomic mass is 127. The van der Waals surface area contributed by atoms with E-state index in [1.807, 2.05) is 60.7 Å². The number of nitrogens with zero attached hydrogens (tertiary/aromatic N) is 2. The van der Waals surface area contributed by atoms with Crippen molar-refractivity contribution in [3.8, 4) is 11.5 Å². The third-order valence-corrected chi connectivity index (χ3v) is 7.21. The lowest BCUT2D eigenvalue weighted by atomic mass is 9.95. The molecule has 0 bridgehead atoms. The van der Waals surface area contributed by atoms with Gasteiger partial charge in [-0.2, -0.15) is 0 Å². The number of benzene rings is 2. The minimum atomic E-state index is -0.748. The molecule has 7 nitrogen and oxygen atoms in total. The second-order valence-electron chi connectivity index (χ2n) is 8.22. The van der Waals surface area contributed by atoms with E-state index in [1.54, 1.807) is 42.7 Å². The van der Waals surface area contributed by atoms with Crippen LogP contribution in [0.5, 0.6) is 11.5 Å². The molecule has 0 unspecified atom stereocenters. The summed E-state index contributed by atoms with van der Waals surface area (Å²) in [5.41, 5.74) is 2.00. The second-order valence-corrected chi connectivity index (χ2v) is 10.4. The maximum absolute atomic E-state index is 13.7. The molecule has 35 heavy (non-hydrogen) atoms. The van der Waals surface area contributed by atoms with Gasteiger partial charge >= 0.3 is 5.97 Å². The first-order chi connectivity index (χ1) is 16.7. The van der Waals surface area contributed by atoms with E-state index in [-0.39, 0.29) is 24.0 Å². The van der Waals surface area contributed by atoms with E-state index < -0.39 is 12.0 Å². The molecule has 0 spiro atoms. The number of halogens is 1. The van der Waals surface area contributed by atoms with Crippen LogP contribution in [0, 0.1) is 3.57 Å². The number of phenols is 1. The largest absolute Gasteiger partial charge is 0.507 e. The number of aromatic nitrogens is 1. The van der Waals surface area contributed by atoms with Crippen LogP contribution in [0.3, 0.4) is 0 Å².